The second-order valence-corrected chi connectivity index (χ2v) is 11.9. The molecule has 4 rings (SSSR count). The fraction of sp³-hybridized carbons (Fsp3) is 0.462. The molecule has 0 radical (unpaired) electrons. The number of methoxy groups -OCH3 is 1. The van der Waals surface area contributed by atoms with Crippen molar-refractivity contribution in [2.45, 2.75) is 63.7 Å². The lowest BCUT2D eigenvalue weighted by atomic mass is 9.71. The van der Waals surface area contributed by atoms with Crippen LogP contribution in [0, 0.1) is 22.7 Å². The number of thiazole rings is 1. The summed E-state index contributed by atoms with van der Waals surface area (Å²) >= 11 is 2.79. The Morgan fingerprint density at radius 2 is 2.15 bits per heavy atom. The van der Waals surface area contributed by atoms with Gasteiger partial charge in [-0.3, -0.25) is 4.79 Å². The Morgan fingerprint density at radius 3 is 2.82 bits per heavy atom. The number of aryl methyl sites for hydroxylation is 1. The molecular formula is C26H30N4O2S2. The third-order valence-corrected chi connectivity index (χ3v) is 8.74. The van der Waals surface area contributed by atoms with Crippen molar-refractivity contribution in [3.05, 3.63) is 41.1 Å². The zero-order chi connectivity index (χ0) is 24.5. The first-order valence-corrected chi connectivity index (χ1v) is 13.3. The second-order valence-electron chi connectivity index (χ2n) is 9.72. The fourth-order valence-corrected chi connectivity index (χ4v) is 6.18. The number of hydrogen-bond donors (Lipinski definition) is 1. The largest absolute Gasteiger partial charge is 0.497 e. The number of benzene rings is 1. The van der Waals surface area contributed by atoms with Crippen LogP contribution in [0.5, 0.6) is 5.75 Å². The molecule has 1 aliphatic carbocycles. The molecule has 1 aromatic carbocycles. The summed E-state index contributed by atoms with van der Waals surface area (Å²) in [6.45, 7) is 8.80. The molecule has 0 saturated carbocycles. The van der Waals surface area contributed by atoms with Gasteiger partial charge in [0.05, 0.1) is 28.1 Å². The first-order chi connectivity index (χ1) is 16.2. The number of nitrogens with zero attached hydrogens (tertiary/aromatic N) is 3. The van der Waals surface area contributed by atoms with Crippen molar-refractivity contribution in [2.75, 3.05) is 12.4 Å². The van der Waals surface area contributed by atoms with E-state index in [1.165, 1.54) is 28.7 Å². The van der Waals surface area contributed by atoms with Crippen molar-refractivity contribution in [1.29, 1.82) is 5.26 Å². The van der Waals surface area contributed by atoms with Crippen LogP contribution < -0.4 is 10.1 Å². The van der Waals surface area contributed by atoms with E-state index in [2.05, 4.69) is 37.1 Å². The van der Waals surface area contributed by atoms with Gasteiger partial charge in [0.1, 0.15) is 16.8 Å². The lowest BCUT2D eigenvalue weighted by Gasteiger charge is -2.34. The SMILES string of the molecule is CCC(Sc1nc2c(cc1C#N)CC(C(C)(C)C)CC2)C(=O)Nc1nc2ccc(OC)cc2s1. The standard InChI is InChI=1S/C26H30N4O2S2/c1-6-21(23(31)30-25-29-20-10-8-18(32-5)13-22(20)34-25)33-24-16(14-27)11-15-12-17(26(2,3)4)7-9-19(15)28-24/h8,10-11,13,17,21H,6-7,9,12H2,1-5H3,(H,29,30,31). The average Bonchev–Trinajstić information content (AvgIpc) is 3.22. The van der Waals surface area contributed by atoms with Gasteiger partial charge in [0.2, 0.25) is 5.91 Å². The lowest BCUT2D eigenvalue weighted by Crippen LogP contribution is -2.28. The minimum absolute atomic E-state index is 0.130. The van der Waals surface area contributed by atoms with Gasteiger partial charge >= 0.3 is 0 Å². The van der Waals surface area contributed by atoms with Crippen LogP contribution in [0.1, 0.15) is 57.4 Å². The first kappa shape index (κ1) is 24.5. The van der Waals surface area contributed by atoms with Gasteiger partial charge in [0, 0.05) is 5.69 Å². The van der Waals surface area contributed by atoms with Crippen LogP contribution in [0.3, 0.4) is 0 Å². The van der Waals surface area contributed by atoms with E-state index in [-0.39, 0.29) is 16.6 Å². The molecule has 1 N–H and O–H groups in total. The number of hydrogen-bond acceptors (Lipinski definition) is 7. The molecule has 178 valence electrons. The van der Waals surface area contributed by atoms with Crippen LogP contribution in [-0.4, -0.2) is 28.2 Å². The van der Waals surface area contributed by atoms with Crippen molar-refractivity contribution in [3.8, 4) is 11.8 Å². The maximum absolute atomic E-state index is 13.1. The topological polar surface area (TPSA) is 87.9 Å². The second kappa shape index (κ2) is 9.93. The van der Waals surface area contributed by atoms with Gasteiger partial charge in [-0.1, -0.05) is 50.8 Å². The first-order valence-electron chi connectivity index (χ1n) is 11.6. The summed E-state index contributed by atoms with van der Waals surface area (Å²) in [5.41, 5.74) is 3.84. The molecule has 6 nitrogen and oxygen atoms in total. The summed E-state index contributed by atoms with van der Waals surface area (Å²) < 4.78 is 6.22. The van der Waals surface area contributed by atoms with E-state index in [0.717, 1.165) is 40.9 Å². The Hall–Kier alpha value is -2.63. The number of rotatable bonds is 6. The molecule has 2 heterocycles. The Kier molecular flexibility index (Phi) is 7.15. The molecule has 3 aromatic rings. The van der Waals surface area contributed by atoms with E-state index in [9.17, 15) is 10.1 Å². The van der Waals surface area contributed by atoms with Gasteiger partial charge in [-0.25, -0.2) is 9.97 Å². The van der Waals surface area contributed by atoms with Crippen LogP contribution in [0.2, 0.25) is 0 Å². The molecule has 0 saturated heterocycles. The van der Waals surface area contributed by atoms with Crippen LogP contribution >= 0.6 is 23.1 Å². The van der Waals surface area contributed by atoms with Crippen molar-refractivity contribution in [3.63, 3.8) is 0 Å². The Morgan fingerprint density at radius 1 is 1.35 bits per heavy atom. The number of aromatic nitrogens is 2. The van der Waals surface area contributed by atoms with Crippen molar-refractivity contribution >= 4 is 44.4 Å². The lowest BCUT2D eigenvalue weighted by molar-refractivity contribution is -0.115. The van der Waals surface area contributed by atoms with Gasteiger partial charge < -0.3 is 10.1 Å². The van der Waals surface area contributed by atoms with Gasteiger partial charge in [-0.15, -0.1) is 0 Å². The van der Waals surface area contributed by atoms with E-state index in [4.69, 9.17) is 9.72 Å². The maximum atomic E-state index is 13.1. The zero-order valence-corrected chi connectivity index (χ0v) is 21.9. The molecule has 1 aliphatic rings. The number of anilines is 1. The number of thioether (sulfide) groups is 1. The van der Waals surface area contributed by atoms with E-state index in [1.807, 2.05) is 31.2 Å². The van der Waals surface area contributed by atoms with Crippen LogP contribution in [0.15, 0.2) is 29.3 Å². The Bertz CT molecular complexity index is 1260. The van der Waals surface area contributed by atoms with Crippen LogP contribution in [0.25, 0.3) is 10.2 Å². The predicted octanol–water partition coefficient (Wildman–Crippen LogP) is 6.23. The molecule has 2 unspecified atom stereocenters. The van der Waals surface area contributed by atoms with Crippen molar-refractivity contribution < 1.29 is 9.53 Å². The molecule has 0 spiro atoms. The van der Waals surface area contributed by atoms with Crippen LogP contribution in [-0.2, 0) is 17.6 Å². The highest BCUT2D eigenvalue weighted by Crippen LogP contribution is 2.39. The molecular weight excluding hydrogens is 464 g/mol. The summed E-state index contributed by atoms with van der Waals surface area (Å²) in [5, 5.41) is 13.6. The number of carbonyl (C=O) groups excluding carboxylic acids is 1. The maximum Gasteiger partial charge on any atom is 0.239 e. The number of nitriles is 1. The molecule has 2 atom stereocenters. The quantitative estimate of drug-likeness (QED) is 0.409. The van der Waals surface area contributed by atoms with Crippen molar-refractivity contribution in [1.82, 2.24) is 9.97 Å². The highest BCUT2D eigenvalue weighted by molar-refractivity contribution is 8.00. The molecule has 0 aliphatic heterocycles. The summed E-state index contributed by atoms with van der Waals surface area (Å²) in [6.07, 6.45) is 3.57. The predicted molar refractivity (Wildman–Crippen MR) is 139 cm³/mol. The van der Waals surface area contributed by atoms with Crippen LogP contribution in [0.4, 0.5) is 5.13 Å². The summed E-state index contributed by atoms with van der Waals surface area (Å²) in [7, 11) is 1.63. The number of fused-ring (bicyclic) bond motifs is 2. The number of amides is 1. The molecule has 8 heteroatoms. The molecule has 0 fully saturated rings. The Balaban J connectivity index is 1.52. The highest BCUT2D eigenvalue weighted by atomic mass is 32.2. The number of pyridine rings is 1. The minimum Gasteiger partial charge on any atom is -0.497 e. The summed E-state index contributed by atoms with van der Waals surface area (Å²) in [4.78, 5) is 22.5. The van der Waals surface area contributed by atoms with Gasteiger partial charge in [0.25, 0.3) is 0 Å². The molecule has 2 aromatic heterocycles. The summed E-state index contributed by atoms with van der Waals surface area (Å²) in [5.74, 6) is 1.21. The monoisotopic (exact) mass is 494 g/mol. The number of ether oxygens (including phenoxy) is 1. The third kappa shape index (κ3) is 5.21. The van der Waals surface area contributed by atoms with Gasteiger partial charge in [-0.05, 0) is 66.8 Å². The van der Waals surface area contributed by atoms with Crippen molar-refractivity contribution in [2.24, 2.45) is 11.3 Å². The van der Waals surface area contributed by atoms with E-state index in [0.29, 0.717) is 28.1 Å². The highest BCUT2D eigenvalue weighted by Gasteiger charge is 2.30. The number of nitrogens with one attached hydrogen (secondary N) is 1. The van der Waals surface area contributed by atoms with Gasteiger partial charge in [0.15, 0.2) is 5.13 Å². The Labute approximate surface area is 209 Å². The van der Waals surface area contributed by atoms with E-state index in [1.54, 1.807) is 7.11 Å². The molecule has 0 bridgehead atoms. The van der Waals surface area contributed by atoms with Gasteiger partial charge in [-0.2, -0.15) is 5.26 Å². The minimum atomic E-state index is -0.370. The van der Waals surface area contributed by atoms with E-state index < -0.39 is 0 Å². The summed E-state index contributed by atoms with van der Waals surface area (Å²) in [6, 6.07) is 9.95. The van der Waals surface area contributed by atoms with E-state index >= 15 is 0 Å². The average molecular weight is 495 g/mol. The number of carbonyl (C=O) groups is 1. The third-order valence-electron chi connectivity index (χ3n) is 6.44. The molecule has 1 amide bonds. The smallest absolute Gasteiger partial charge is 0.239 e. The molecule has 34 heavy (non-hydrogen) atoms. The zero-order valence-electron chi connectivity index (χ0n) is 20.3. The normalized spacial score (nSPS) is 16.5. The fourth-order valence-electron chi connectivity index (χ4n) is 4.28.